The Balaban J connectivity index is 1.17. The average Bonchev–Trinajstić information content (AvgIpc) is 3.22. The first-order valence-corrected chi connectivity index (χ1v) is 12.7. The number of ketones is 1. The molecule has 2 saturated heterocycles. The van der Waals surface area contributed by atoms with Crippen LogP contribution in [-0.4, -0.2) is 72.2 Å². The van der Waals surface area contributed by atoms with Crippen LogP contribution in [0.1, 0.15) is 56.7 Å². The summed E-state index contributed by atoms with van der Waals surface area (Å²) in [6, 6.07) is 12.9. The number of nitrogens with one attached hydrogen (secondary N) is 1. The number of benzene rings is 2. The van der Waals surface area contributed by atoms with Gasteiger partial charge in [0, 0.05) is 50.1 Å². The van der Waals surface area contributed by atoms with Gasteiger partial charge < -0.3 is 9.64 Å². The Morgan fingerprint density at radius 1 is 1.00 bits per heavy atom. The maximum Gasteiger partial charge on any atom is 0.255 e. The maximum absolute atomic E-state index is 12.9. The van der Waals surface area contributed by atoms with E-state index in [0.717, 1.165) is 61.5 Å². The van der Waals surface area contributed by atoms with E-state index in [9.17, 15) is 19.2 Å². The topological polar surface area (TPSA) is 96.0 Å². The van der Waals surface area contributed by atoms with Crippen LogP contribution in [0.15, 0.2) is 42.5 Å². The van der Waals surface area contributed by atoms with E-state index in [1.165, 1.54) is 0 Å². The second kappa shape index (κ2) is 10.7. The molecule has 188 valence electrons. The molecule has 3 aliphatic rings. The zero-order chi connectivity index (χ0) is 25.1. The molecule has 0 saturated carbocycles. The van der Waals surface area contributed by atoms with Gasteiger partial charge in [-0.05, 0) is 48.1 Å². The van der Waals surface area contributed by atoms with Gasteiger partial charge in [0.05, 0.1) is 13.2 Å². The molecule has 0 aliphatic carbocycles. The second-order valence-electron chi connectivity index (χ2n) is 9.72. The van der Waals surface area contributed by atoms with Crippen LogP contribution in [0.2, 0.25) is 0 Å². The predicted molar refractivity (Wildman–Crippen MR) is 133 cm³/mol. The number of Topliss-reactive ketones (excluding diaryl/α,β-unsaturated/α-hetero) is 1. The lowest BCUT2D eigenvalue weighted by Crippen LogP contribution is -2.52. The number of carbonyl (C=O) groups is 4. The fourth-order valence-corrected chi connectivity index (χ4v) is 5.20. The molecule has 1 N–H and O–H groups in total. The SMILES string of the molecule is O=C1CCC(N2Cc3cc(CCC(=O)c4cccc(CCN5CCOCC5)c4)ccc3C2=O)C(=O)N1. The summed E-state index contributed by atoms with van der Waals surface area (Å²) < 4.78 is 5.40. The Morgan fingerprint density at radius 2 is 1.81 bits per heavy atom. The van der Waals surface area contributed by atoms with Crippen LogP contribution in [0.5, 0.6) is 0 Å². The number of fused-ring (bicyclic) bond motifs is 1. The summed E-state index contributed by atoms with van der Waals surface area (Å²) in [6.07, 6.45) is 2.45. The third-order valence-corrected chi connectivity index (χ3v) is 7.30. The third kappa shape index (κ3) is 5.39. The summed E-state index contributed by atoms with van der Waals surface area (Å²) in [5.41, 5.74) is 4.33. The van der Waals surface area contributed by atoms with Gasteiger partial charge in [-0.1, -0.05) is 30.3 Å². The number of rotatable bonds is 8. The van der Waals surface area contributed by atoms with Gasteiger partial charge in [0.15, 0.2) is 5.78 Å². The number of hydrogen-bond donors (Lipinski definition) is 1. The minimum absolute atomic E-state index is 0.102. The molecule has 2 aromatic carbocycles. The Bertz CT molecular complexity index is 1190. The summed E-state index contributed by atoms with van der Waals surface area (Å²) in [5, 5.41) is 2.33. The minimum Gasteiger partial charge on any atom is -0.379 e. The molecular weight excluding hydrogens is 458 g/mol. The number of morpholine rings is 1. The van der Waals surface area contributed by atoms with Crippen molar-refractivity contribution in [2.24, 2.45) is 0 Å². The van der Waals surface area contributed by atoms with Crippen molar-refractivity contribution in [3.8, 4) is 0 Å². The van der Waals surface area contributed by atoms with Crippen molar-refractivity contribution in [3.05, 3.63) is 70.3 Å². The molecule has 3 heterocycles. The summed E-state index contributed by atoms with van der Waals surface area (Å²) in [4.78, 5) is 53.4. The van der Waals surface area contributed by atoms with Crippen molar-refractivity contribution in [1.82, 2.24) is 15.1 Å². The first kappa shape index (κ1) is 24.3. The van der Waals surface area contributed by atoms with E-state index in [-0.39, 0.29) is 24.0 Å². The zero-order valence-electron chi connectivity index (χ0n) is 20.3. The van der Waals surface area contributed by atoms with Gasteiger partial charge in [-0.2, -0.15) is 0 Å². The highest BCUT2D eigenvalue weighted by atomic mass is 16.5. The van der Waals surface area contributed by atoms with Gasteiger partial charge in [-0.15, -0.1) is 0 Å². The molecule has 8 heteroatoms. The fourth-order valence-electron chi connectivity index (χ4n) is 5.20. The highest BCUT2D eigenvalue weighted by Crippen LogP contribution is 2.28. The second-order valence-corrected chi connectivity index (χ2v) is 9.72. The van der Waals surface area contributed by atoms with Crippen LogP contribution in [0.25, 0.3) is 0 Å². The normalized spacial score (nSPS) is 20.4. The van der Waals surface area contributed by atoms with Crippen molar-refractivity contribution in [1.29, 1.82) is 0 Å². The van der Waals surface area contributed by atoms with Gasteiger partial charge in [-0.3, -0.25) is 29.4 Å². The number of nitrogens with zero attached hydrogens (tertiary/aromatic N) is 2. The summed E-state index contributed by atoms with van der Waals surface area (Å²) >= 11 is 0. The van der Waals surface area contributed by atoms with Crippen molar-refractivity contribution in [2.45, 2.75) is 44.7 Å². The number of ether oxygens (including phenoxy) is 1. The van der Waals surface area contributed by atoms with Crippen molar-refractivity contribution in [2.75, 3.05) is 32.8 Å². The van der Waals surface area contributed by atoms with E-state index < -0.39 is 11.9 Å². The van der Waals surface area contributed by atoms with E-state index >= 15 is 0 Å². The van der Waals surface area contributed by atoms with Crippen molar-refractivity contribution < 1.29 is 23.9 Å². The number of hydrogen-bond acceptors (Lipinski definition) is 6. The number of imide groups is 1. The van der Waals surface area contributed by atoms with Gasteiger partial charge >= 0.3 is 0 Å². The Morgan fingerprint density at radius 3 is 2.61 bits per heavy atom. The van der Waals surface area contributed by atoms with E-state index in [1.807, 2.05) is 30.3 Å². The molecule has 2 aromatic rings. The van der Waals surface area contributed by atoms with Gasteiger partial charge in [0.1, 0.15) is 6.04 Å². The molecule has 3 aliphatic heterocycles. The van der Waals surface area contributed by atoms with Gasteiger partial charge in [0.25, 0.3) is 5.91 Å². The molecule has 1 unspecified atom stereocenters. The molecule has 0 spiro atoms. The van der Waals surface area contributed by atoms with E-state index in [0.29, 0.717) is 31.4 Å². The molecule has 3 amide bonds. The lowest BCUT2D eigenvalue weighted by atomic mass is 9.98. The van der Waals surface area contributed by atoms with Crippen molar-refractivity contribution >= 4 is 23.5 Å². The Labute approximate surface area is 210 Å². The highest BCUT2D eigenvalue weighted by Gasteiger charge is 2.39. The van der Waals surface area contributed by atoms with Crippen LogP contribution in [0.3, 0.4) is 0 Å². The molecule has 0 radical (unpaired) electrons. The molecule has 2 fully saturated rings. The minimum atomic E-state index is -0.622. The molecule has 1 atom stereocenters. The van der Waals surface area contributed by atoms with Crippen LogP contribution in [-0.2, 0) is 33.7 Å². The molecule has 5 rings (SSSR count). The molecule has 36 heavy (non-hydrogen) atoms. The van der Waals surface area contributed by atoms with Crippen LogP contribution in [0, 0.1) is 0 Å². The zero-order valence-corrected chi connectivity index (χ0v) is 20.3. The quantitative estimate of drug-likeness (QED) is 0.451. The average molecular weight is 490 g/mol. The summed E-state index contributed by atoms with van der Waals surface area (Å²) in [5.74, 6) is -0.790. The standard InChI is InChI=1S/C28H31N3O5/c32-25(21-3-1-2-19(16-21)10-11-30-12-14-36-15-13-30)8-5-20-4-6-23-22(17-20)18-31(28(23)35)24-7-9-26(33)29-27(24)34/h1-4,6,16-17,24H,5,7-15,18H2,(H,29,33,34). The molecule has 8 nitrogen and oxygen atoms in total. The summed E-state index contributed by atoms with van der Waals surface area (Å²) in [7, 11) is 0. The monoisotopic (exact) mass is 489 g/mol. The third-order valence-electron chi connectivity index (χ3n) is 7.30. The van der Waals surface area contributed by atoms with Crippen LogP contribution >= 0.6 is 0 Å². The number of piperidine rings is 1. The van der Waals surface area contributed by atoms with Crippen LogP contribution < -0.4 is 5.32 Å². The lowest BCUT2D eigenvalue weighted by molar-refractivity contribution is -0.136. The van der Waals surface area contributed by atoms with Crippen LogP contribution in [0.4, 0.5) is 0 Å². The first-order valence-electron chi connectivity index (χ1n) is 12.7. The Hall–Kier alpha value is -3.36. The lowest BCUT2D eigenvalue weighted by Gasteiger charge is -2.29. The van der Waals surface area contributed by atoms with E-state index in [1.54, 1.807) is 11.0 Å². The van der Waals surface area contributed by atoms with Gasteiger partial charge in [-0.25, -0.2) is 0 Å². The molecular formula is C28H31N3O5. The summed E-state index contributed by atoms with van der Waals surface area (Å²) in [6.45, 7) is 4.78. The smallest absolute Gasteiger partial charge is 0.255 e. The number of amides is 3. The Kier molecular flexibility index (Phi) is 7.25. The number of carbonyl (C=O) groups excluding carboxylic acids is 4. The maximum atomic E-state index is 12.9. The molecule has 0 bridgehead atoms. The first-order chi connectivity index (χ1) is 17.5. The van der Waals surface area contributed by atoms with Gasteiger partial charge in [0.2, 0.25) is 11.8 Å². The number of aryl methyl sites for hydroxylation is 1. The largest absolute Gasteiger partial charge is 0.379 e. The van der Waals surface area contributed by atoms with E-state index in [4.69, 9.17) is 4.74 Å². The highest BCUT2D eigenvalue weighted by molar-refractivity contribution is 6.05. The molecule has 0 aromatic heterocycles. The fraction of sp³-hybridized carbons (Fsp3) is 0.429. The van der Waals surface area contributed by atoms with Crippen molar-refractivity contribution in [3.63, 3.8) is 0 Å². The predicted octanol–water partition coefficient (Wildman–Crippen LogP) is 2.14. The van der Waals surface area contributed by atoms with E-state index in [2.05, 4.69) is 16.3 Å².